The number of phenolic OH excluding ortho intramolecular Hbond substituents is 1. The number of rotatable bonds is 6. The molecule has 1 aliphatic heterocycles. The molecule has 0 saturated carbocycles. The van der Waals surface area contributed by atoms with Gasteiger partial charge in [-0.1, -0.05) is 23.2 Å². The number of carbonyl (C=O) groups excluding carboxylic acids is 1. The highest BCUT2D eigenvalue weighted by Gasteiger charge is 2.36. The van der Waals surface area contributed by atoms with E-state index in [1.807, 2.05) is 0 Å². The van der Waals surface area contributed by atoms with E-state index in [4.69, 9.17) is 28.3 Å². The van der Waals surface area contributed by atoms with Gasteiger partial charge in [0.2, 0.25) is 15.9 Å². The molecule has 33 heavy (non-hydrogen) atoms. The third-order valence-corrected chi connectivity index (χ3v) is 6.50. The Hall–Kier alpha value is -2.48. The summed E-state index contributed by atoms with van der Waals surface area (Å²) in [6.45, 7) is -0.678. The lowest BCUT2D eigenvalue weighted by Gasteiger charge is -2.23. The fourth-order valence-electron chi connectivity index (χ4n) is 3.36. The fourth-order valence-corrected chi connectivity index (χ4v) is 4.50. The van der Waals surface area contributed by atoms with Crippen LogP contribution in [0.25, 0.3) is 0 Å². The van der Waals surface area contributed by atoms with Crippen molar-refractivity contribution in [2.75, 3.05) is 29.9 Å². The number of sulfonamides is 1. The summed E-state index contributed by atoms with van der Waals surface area (Å²) >= 11 is 11.6. The van der Waals surface area contributed by atoms with Crippen molar-refractivity contribution < 1.29 is 35.9 Å². The molecular formula is C18H16Cl2F4N4O4S. The summed E-state index contributed by atoms with van der Waals surface area (Å²) in [5, 5.41) is 20.2. The van der Waals surface area contributed by atoms with E-state index in [0.29, 0.717) is 0 Å². The van der Waals surface area contributed by atoms with Gasteiger partial charge in [0.15, 0.2) is 23.3 Å². The minimum atomic E-state index is -4.96. The zero-order chi connectivity index (χ0) is 24.7. The second-order valence-corrected chi connectivity index (χ2v) is 9.43. The Labute approximate surface area is 195 Å². The fraction of sp³-hybridized carbons (Fsp3) is 0.278. The van der Waals surface area contributed by atoms with Crippen LogP contribution in [0.1, 0.15) is 6.42 Å². The number of amides is 1. The molecule has 1 fully saturated rings. The van der Waals surface area contributed by atoms with Crippen LogP contribution in [0.2, 0.25) is 10.0 Å². The summed E-state index contributed by atoms with van der Waals surface area (Å²) in [6, 6.07) is 1.81. The van der Waals surface area contributed by atoms with Gasteiger partial charge in [-0.25, -0.2) is 31.1 Å². The van der Waals surface area contributed by atoms with Crippen LogP contribution in [-0.4, -0.2) is 45.1 Å². The Kier molecular flexibility index (Phi) is 7.17. The van der Waals surface area contributed by atoms with E-state index in [9.17, 15) is 35.9 Å². The number of nitrogens with two attached hydrogens (primary N) is 1. The zero-order valence-electron chi connectivity index (χ0n) is 16.4. The van der Waals surface area contributed by atoms with Crippen LogP contribution in [-0.2, 0) is 14.8 Å². The summed E-state index contributed by atoms with van der Waals surface area (Å²) in [6.07, 6.45) is 0.147. The first-order valence-electron chi connectivity index (χ1n) is 9.16. The molecule has 8 nitrogen and oxygen atoms in total. The molecule has 1 heterocycles. The summed E-state index contributed by atoms with van der Waals surface area (Å²) < 4.78 is 79.3. The van der Waals surface area contributed by atoms with Crippen molar-refractivity contribution in [3.05, 3.63) is 45.4 Å². The van der Waals surface area contributed by atoms with Gasteiger partial charge in [-0.15, -0.1) is 0 Å². The van der Waals surface area contributed by atoms with Crippen LogP contribution in [0.5, 0.6) is 5.75 Å². The molecule has 1 saturated heterocycles. The van der Waals surface area contributed by atoms with Crippen molar-refractivity contribution in [2.45, 2.75) is 17.4 Å². The minimum Gasteiger partial charge on any atom is -0.506 e. The Bertz CT molecular complexity index is 1230. The molecule has 5 N–H and O–H groups in total. The highest BCUT2D eigenvalue weighted by atomic mass is 35.5. The third kappa shape index (κ3) is 5.21. The lowest BCUT2D eigenvalue weighted by molar-refractivity contribution is -0.119. The predicted octanol–water partition coefficient (Wildman–Crippen LogP) is 2.71. The van der Waals surface area contributed by atoms with Crippen LogP contribution in [0.15, 0.2) is 17.0 Å². The monoisotopic (exact) mass is 530 g/mol. The van der Waals surface area contributed by atoms with Gasteiger partial charge in [0.05, 0.1) is 28.0 Å². The van der Waals surface area contributed by atoms with E-state index in [1.54, 1.807) is 0 Å². The van der Waals surface area contributed by atoms with Crippen LogP contribution in [0.4, 0.5) is 28.9 Å². The topological polar surface area (TPSA) is 125 Å². The Morgan fingerprint density at radius 1 is 1.12 bits per heavy atom. The van der Waals surface area contributed by atoms with Gasteiger partial charge in [-0.3, -0.25) is 4.79 Å². The molecule has 180 valence electrons. The van der Waals surface area contributed by atoms with Gasteiger partial charge in [0.25, 0.3) is 0 Å². The lowest BCUT2D eigenvalue weighted by Crippen LogP contribution is -2.40. The number of phenols is 1. The first-order valence-corrected chi connectivity index (χ1v) is 11.5. The summed E-state index contributed by atoms with van der Waals surface area (Å²) in [4.78, 5) is 11.7. The van der Waals surface area contributed by atoms with Crippen molar-refractivity contribution in [1.29, 1.82) is 0 Å². The number of halogens is 6. The van der Waals surface area contributed by atoms with Crippen molar-refractivity contribution in [2.24, 2.45) is 5.14 Å². The summed E-state index contributed by atoms with van der Waals surface area (Å²) in [5.41, 5.74) is -0.922. The number of benzene rings is 2. The molecule has 0 bridgehead atoms. The van der Waals surface area contributed by atoms with Gasteiger partial charge in [0, 0.05) is 25.2 Å². The summed E-state index contributed by atoms with van der Waals surface area (Å²) in [5.74, 6) is -9.37. The van der Waals surface area contributed by atoms with Crippen molar-refractivity contribution in [3.8, 4) is 5.75 Å². The predicted molar refractivity (Wildman–Crippen MR) is 113 cm³/mol. The molecule has 2 aromatic carbocycles. The number of nitrogens with zero attached hydrogens (tertiary/aromatic N) is 1. The van der Waals surface area contributed by atoms with Gasteiger partial charge in [-0.2, -0.15) is 0 Å². The lowest BCUT2D eigenvalue weighted by atomic mass is 10.2. The molecule has 0 spiro atoms. The smallest absolute Gasteiger partial charge is 0.243 e. The number of hydrogen-bond acceptors (Lipinski definition) is 6. The largest absolute Gasteiger partial charge is 0.506 e. The van der Waals surface area contributed by atoms with Crippen LogP contribution < -0.4 is 20.7 Å². The average molecular weight is 531 g/mol. The maximum absolute atomic E-state index is 14.4. The minimum absolute atomic E-state index is 0.106. The number of aromatic hydroxyl groups is 1. The number of primary sulfonamides is 1. The van der Waals surface area contributed by atoms with E-state index in [0.717, 1.165) is 4.90 Å². The molecule has 1 amide bonds. The Morgan fingerprint density at radius 3 is 2.36 bits per heavy atom. The maximum Gasteiger partial charge on any atom is 0.243 e. The number of hydrogen-bond donors (Lipinski definition) is 4. The van der Waals surface area contributed by atoms with Gasteiger partial charge in [0.1, 0.15) is 10.6 Å². The van der Waals surface area contributed by atoms with Crippen LogP contribution >= 0.6 is 23.2 Å². The molecule has 15 heteroatoms. The van der Waals surface area contributed by atoms with E-state index in [-0.39, 0.29) is 47.5 Å². The number of anilines is 2. The first-order chi connectivity index (χ1) is 15.3. The third-order valence-electron chi connectivity index (χ3n) is 4.83. The van der Waals surface area contributed by atoms with E-state index < -0.39 is 55.8 Å². The number of carbonyl (C=O) groups is 1. The highest BCUT2D eigenvalue weighted by molar-refractivity contribution is 7.89. The van der Waals surface area contributed by atoms with Crippen LogP contribution in [0.3, 0.4) is 0 Å². The average Bonchev–Trinajstić information content (AvgIpc) is 3.17. The molecular weight excluding hydrogens is 515 g/mol. The van der Waals surface area contributed by atoms with Gasteiger partial charge < -0.3 is 20.6 Å². The molecule has 2 aromatic rings. The maximum atomic E-state index is 14.4. The zero-order valence-corrected chi connectivity index (χ0v) is 18.8. The van der Waals surface area contributed by atoms with E-state index >= 15 is 0 Å². The molecule has 0 unspecified atom stereocenters. The second-order valence-electron chi connectivity index (χ2n) is 7.11. The van der Waals surface area contributed by atoms with Crippen molar-refractivity contribution >= 4 is 50.5 Å². The number of nitrogens with one attached hydrogen (secondary N) is 2. The first kappa shape index (κ1) is 25.1. The molecule has 0 aliphatic carbocycles. The Morgan fingerprint density at radius 2 is 1.73 bits per heavy atom. The van der Waals surface area contributed by atoms with Gasteiger partial charge >= 0.3 is 0 Å². The van der Waals surface area contributed by atoms with Crippen molar-refractivity contribution in [1.82, 2.24) is 5.32 Å². The Balaban J connectivity index is 1.73. The second kappa shape index (κ2) is 9.41. The standard InChI is InChI=1S/C18H16Cl2F4N4O4S/c19-8-3-10(11(29)4-9(8)20)26-5-12(30)27-7-1-2-28(6-7)17-15(23)13(21)14(22)16(24)18(17)33(25,31)32/h3-4,7,26,29H,1-2,5-6H2,(H,27,30)(H2,25,31,32)/t7-/m0/s1. The SMILES string of the molecule is NS(=O)(=O)c1c(F)c(F)c(F)c(F)c1N1CC[C@H](NC(=O)CNc2cc(Cl)c(Cl)cc2O)C1. The molecule has 0 aromatic heterocycles. The molecule has 0 radical (unpaired) electrons. The van der Waals surface area contributed by atoms with E-state index in [2.05, 4.69) is 10.6 Å². The highest BCUT2D eigenvalue weighted by Crippen LogP contribution is 2.36. The molecule has 3 rings (SSSR count). The molecule has 1 atom stereocenters. The summed E-state index contributed by atoms with van der Waals surface area (Å²) in [7, 11) is -4.96. The quantitative estimate of drug-likeness (QED) is 0.197. The van der Waals surface area contributed by atoms with Crippen LogP contribution in [0, 0.1) is 23.3 Å². The normalized spacial score (nSPS) is 16.2. The molecule has 1 aliphatic rings. The van der Waals surface area contributed by atoms with E-state index in [1.165, 1.54) is 12.1 Å². The van der Waals surface area contributed by atoms with Crippen molar-refractivity contribution in [3.63, 3.8) is 0 Å². The van der Waals surface area contributed by atoms with Gasteiger partial charge in [-0.05, 0) is 12.5 Å².